The Balaban J connectivity index is 1.42. The number of nitrogens with zero attached hydrogens (tertiary/aromatic N) is 4. The highest BCUT2D eigenvalue weighted by Crippen LogP contribution is 2.35. The molecule has 0 saturated carbocycles. The molecule has 31 heavy (non-hydrogen) atoms. The number of β-amino-alcohol motifs (C(OH)–C–C–N with tert-alkyl or cyclic N) is 1. The number of aliphatic hydroxyl groups is 1. The Kier molecular flexibility index (Phi) is 5.36. The number of pyridine rings is 1. The molecule has 2 aliphatic rings. The van der Waals surface area contributed by atoms with Crippen molar-refractivity contribution in [2.75, 3.05) is 31.1 Å². The highest BCUT2D eigenvalue weighted by molar-refractivity contribution is 6.33. The number of halogens is 1. The molecule has 6 nitrogen and oxygen atoms in total. The summed E-state index contributed by atoms with van der Waals surface area (Å²) >= 11 is 6.60. The molecule has 1 N–H and O–H groups in total. The van der Waals surface area contributed by atoms with E-state index in [9.17, 15) is 9.90 Å². The van der Waals surface area contributed by atoms with Gasteiger partial charge in [0.15, 0.2) is 0 Å². The van der Waals surface area contributed by atoms with E-state index in [1.807, 2.05) is 41.4 Å². The molecular weight excluding hydrogens is 412 g/mol. The fraction of sp³-hybridized carbons (Fsp3) is 0.417. The summed E-state index contributed by atoms with van der Waals surface area (Å²) in [5.74, 6) is 0.141. The molecular formula is C24H27ClN4O2. The van der Waals surface area contributed by atoms with Crippen LogP contribution in [0.2, 0.25) is 5.02 Å². The van der Waals surface area contributed by atoms with E-state index in [1.165, 1.54) is 0 Å². The predicted molar refractivity (Wildman–Crippen MR) is 123 cm³/mol. The second-order valence-corrected chi connectivity index (χ2v) is 9.06. The van der Waals surface area contributed by atoms with Crippen molar-refractivity contribution in [2.24, 2.45) is 5.92 Å². The van der Waals surface area contributed by atoms with Gasteiger partial charge in [-0.05, 0) is 56.5 Å². The number of aryl methyl sites for hydroxylation is 1. The number of amides is 1. The zero-order valence-electron chi connectivity index (χ0n) is 17.7. The molecule has 0 radical (unpaired) electrons. The molecule has 2 saturated heterocycles. The van der Waals surface area contributed by atoms with Crippen LogP contribution in [0.3, 0.4) is 0 Å². The summed E-state index contributed by atoms with van der Waals surface area (Å²) in [4.78, 5) is 21.9. The number of carbonyl (C=O) groups excluding carboxylic acids is 1. The average Bonchev–Trinajstić information content (AvgIpc) is 3.37. The molecule has 5 rings (SSSR count). The third-order valence-electron chi connectivity index (χ3n) is 6.58. The fourth-order valence-electron chi connectivity index (χ4n) is 4.88. The van der Waals surface area contributed by atoms with Gasteiger partial charge in [0, 0.05) is 49.3 Å². The van der Waals surface area contributed by atoms with Gasteiger partial charge in [0.05, 0.1) is 22.7 Å². The lowest BCUT2D eigenvalue weighted by Crippen LogP contribution is -2.44. The molecule has 2 aromatic heterocycles. The summed E-state index contributed by atoms with van der Waals surface area (Å²) in [6.45, 7) is 4.79. The highest BCUT2D eigenvalue weighted by atomic mass is 35.5. The van der Waals surface area contributed by atoms with Gasteiger partial charge in [0.25, 0.3) is 0 Å². The number of aromatic nitrogens is 2. The van der Waals surface area contributed by atoms with Gasteiger partial charge in [-0.15, -0.1) is 0 Å². The largest absolute Gasteiger partial charge is 0.391 e. The molecule has 7 heteroatoms. The zero-order chi connectivity index (χ0) is 21.5. The van der Waals surface area contributed by atoms with Crippen molar-refractivity contribution >= 4 is 28.8 Å². The lowest BCUT2D eigenvalue weighted by molar-refractivity contribution is -0.135. The number of rotatable bonds is 3. The molecule has 0 aliphatic carbocycles. The van der Waals surface area contributed by atoms with Gasteiger partial charge in [0.1, 0.15) is 5.65 Å². The van der Waals surface area contributed by atoms with Crippen LogP contribution in [0.1, 0.15) is 25.0 Å². The van der Waals surface area contributed by atoms with Crippen LogP contribution in [0.15, 0.2) is 42.6 Å². The summed E-state index contributed by atoms with van der Waals surface area (Å²) in [6.07, 6.45) is 4.18. The smallest absolute Gasteiger partial charge is 0.227 e. The first-order valence-corrected chi connectivity index (χ1v) is 11.3. The summed E-state index contributed by atoms with van der Waals surface area (Å²) < 4.78 is 2.07. The molecule has 2 unspecified atom stereocenters. The van der Waals surface area contributed by atoms with Crippen molar-refractivity contribution in [2.45, 2.75) is 32.3 Å². The zero-order valence-corrected chi connectivity index (χ0v) is 18.4. The minimum Gasteiger partial charge on any atom is -0.391 e. The summed E-state index contributed by atoms with van der Waals surface area (Å²) in [5.41, 5.74) is 4.81. The molecule has 2 aliphatic heterocycles. The Morgan fingerprint density at radius 3 is 2.81 bits per heavy atom. The van der Waals surface area contributed by atoms with Gasteiger partial charge < -0.3 is 19.3 Å². The van der Waals surface area contributed by atoms with Crippen LogP contribution in [0, 0.1) is 12.8 Å². The number of piperidine rings is 1. The van der Waals surface area contributed by atoms with Crippen molar-refractivity contribution in [1.29, 1.82) is 0 Å². The van der Waals surface area contributed by atoms with Crippen molar-refractivity contribution in [3.63, 3.8) is 0 Å². The van der Waals surface area contributed by atoms with E-state index >= 15 is 0 Å². The van der Waals surface area contributed by atoms with Crippen molar-refractivity contribution in [3.05, 3.63) is 53.3 Å². The minimum atomic E-state index is -0.379. The summed E-state index contributed by atoms with van der Waals surface area (Å²) in [6, 6.07) is 12.0. The van der Waals surface area contributed by atoms with E-state index in [0.717, 1.165) is 47.7 Å². The number of likely N-dealkylation sites (tertiary alicyclic amines) is 1. The number of aliphatic hydroxyl groups excluding tert-OH is 1. The number of benzene rings is 1. The van der Waals surface area contributed by atoms with Gasteiger partial charge in [-0.25, -0.2) is 4.98 Å². The number of imidazole rings is 1. The van der Waals surface area contributed by atoms with E-state index in [2.05, 4.69) is 22.3 Å². The second-order valence-electron chi connectivity index (χ2n) is 8.65. The first-order valence-electron chi connectivity index (χ1n) is 11.0. The summed E-state index contributed by atoms with van der Waals surface area (Å²) in [5, 5.41) is 10.5. The molecule has 2 fully saturated rings. The van der Waals surface area contributed by atoms with Crippen LogP contribution in [0.4, 0.5) is 5.69 Å². The highest BCUT2D eigenvalue weighted by Gasteiger charge is 2.33. The summed E-state index contributed by atoms with van der Waals surface area (Å²) in [7, 11) is 0. The van der Waals surface area contributed by atoms with Gasteiger partial charge in [0.2, 0.25) is 5.91 Å². The first kappa shape index (κ1) is 20.3. The van der Waals surface area contributed by atoms with Gasteiger partial charge in [-0.2, -0.15) is 0 Å². The Hall–Kier alpha value is -2.57. The van der Waals surface area contributed by atoms with E-state index in [4.69, 9.17) is 16.6 Å². The fourth-order valence-corrected chi connectivity index (χ4v) is 5.09. The maximum atomic E-state index is 13.0. The lowest BCUT2D eigenvalue weighted by Gasteiger charge is -2.35. The van der Waals surface area contributed by atoms with E-state index < -0.39 is 0 Å². The number of anilines is 1. The number of carbonyl (C=O) groups is 1. The van der Waals surface area contributed by atoms with Crippen molar-refractivity contribution in [3.8, 4) is 11.3 Å². The Bertz CT molecular complexity index is 1130. The standard InChI is InChI=1S/C24H27ClN4O2/c1-16-23(26-22-6-2-3-11-29(16)22)20-13-18(7-8-21(20)25)27-10-4-5-17(14-27)24(31)28-12-9-19(30)15-28/h2-3,6-8,11,13,17,19,30H,4-5,9-10,12,14-15H2,1H3. The first-order chi connectivity index (χ1) is 15.0. The van der Waals surface area contributed by atoms with Gasteiger partial charge in [-0.3, -0.25) is 4.79 Å². The van der Waals surface area contributed by atoms with Crippen LogP contribution in [-0.4, -0.2) is 57.6 Å². The van der Waals surface area contributed by atoms with Crippen LogP contribution in [-0.2, 0) is 4.79 Å². The normalized spacial score (nSPS) is 21.8. The lowest BCUT2D eigenvalue weighted by atomic mass is 9.95. The predicted octanol–water partition coefficient (Wildman–Crippen LogP) is 3.77. The van der Waals surface area contributed by atoms with Crippen LogP contribution >= 0.6 is 11.6 Å². The maximum Gasteiger partial charge on any atom is 0.227 e. The second kappa shape index (κ2) is 8.17. The monoisotopic (exact) mass is 438 g/mol. The number of fused-ring (bicyclic) bond motifs is 1. The minimum absolute atomic E-state index is 0.0323. The number of hydrogen-bond donors (Lipinski definition) is 1. The van der Waals surface area contributed by atoms with E-state index in [-0.39, 0.29) is 17.9 Å². The van der Waals surface area contributed by atoms with E-state index in [1.54, 1.807) is 0 Å². The maximum absolute atomic E-state index is 13.0. The molecule has 0 spiro atoms. The van der Waals surface area contributed by atoms with Crippen LogP contribution < -0.4 is 4.90 Å². The van der Waals surface area contributed by atoms with Crippen molar-refractivity contribution < 1.29 is 9.90 Å². The van der Waals surface area contributed by atoms with Gasteiger partial charge in [-0.1, -0.05) is 17.7 Å². The van der Waals surface area contributed by atoms with Crippen LogP contribution in [0.5, 0.6) is 0 Å². The molecule has 4 heterocycles. The SMILES string of the molecule is Cc1c(-c2cc(N3CCCC(C(=O)N4CCC(O)C4)C3)ccc2Cl)nc2ccccn12. The molecule has 2 atom stereocenters. The van der Waals surface area contributed by atoms with Crippen LogP contribution in [0.25, 0.3) is 16.9 Å². The molecule has 1 aromatic carbocycles. The quantitative estimate of drug-likeness (QED) is 0.676. The molecule has 3 aromatic rings. The molecule has 1 amide bonds. The third-order valence-corrected chi connectivity index (χ3v) is 6.91. The van der Waals surface area contributed by atoms with Crippen molar-refractivity contribution in [1.82, 2.24) is 14.3 Å². The topological polar surface area (TPSA) is 61.1 Å². The van der Waals surface area contributed by atoms with Gasteiger partial charge >= 0.3 is 0 Å². The molecule has 0 bridgehead atoms. The number of hydrogen-bond acceptors (Lipinski definition) is 4. The third kappa shape index (κ3) is 3.79. The van der Waals surface area contributed by atoms with E-state index in [0.29, 0.717) is 31.1 Å². The molecule has 162 valence electrons. The Labute approximate surface area is 187 Å². The average molecular weight is 439 g/mol. The Morgan fingerprint density at radius 1 is 1.16 bits per heavy atom. The Morgan fingerprint density at radius 2 is 2.03 bits per heavy atom.